The van der Waals surface area contributed by atoms with Gasteiger partial charge in [0.25, 0.3) is 0 Å². The summed E-state index contributed by atoms with van der Waals surface area (Å²) in [5.74, 6) is 2.11. The van der Waals surface area contributed by atoms with Crippen LogP contribution in [0.5, 0.6) is 0 Å². The zero-order valence-electron chi connectivity index (χ0n) is 9.12. The van der Waals surface area contributed by atoms with Crippen molar-refractivity contribution >= 4 is 34.0 Å². The fourth-order valence-corrected chi connectivity index (χ4v) is 3.84. The number of benzene rings is 1. The van der Waals surface area contributed by atoms with Gasteiger partial charge in [-0.15, -0.1) is 11.8 Å². The van der Waals surface area contributed by atoms with E-state index in [0.717, 1.165) is 22.2 Å². The maximum Gasteiger partial charge on any atom is 0.151 e. The van der Waals surface area contributed by atoms with Gasteiger partial charge in [0.1, 0.15) is 0 Å². The maximum absolute atomic E-state index is 10.7. The minimum atomic E-state index is 0.727. The van der Waals surface area contributed by atoms with Crippen molar-refractivity contribution in [3.8, 4) is 0 Å². The second-order valence-corrected chi connectivity index (χ2v) is 6.21. The Morgan fingerprint density at radius 1 is 1.38 bits per heavy atom. The van der Waals surface area contributed by atoms with Crippen molar-refractivity contribution in [1.82, 2.24) is 0 Å². The van der Waals surface area contributed by atoms with E-state index in [4.69, 9.17) is 0 Å². The van der Waals surface area contributed by atoms with E-state index in [9.17, 15) is 4.79 Å². The highest BCUT2D eigenvalue weighted by molar-refractivity contribution is 9.10. The third-order valence-electron chi connectivity index (χ3n) is 3.06. The van der Waals surface area contributed by atoms with Gasteiger partial charge in [-0.25, -0.2) is 0 Å². The maximum atomic E-state index is 10.7. The fraction of sp³-hybridized carbons (Fsp3) is 0.462. The Morgan fingerprint density at radius 3 is 2.75 bits per heavy atom. The van der Waals surface area contributed by atoms with E-state index in [2.05, 4.69) is 15.9 Å². The van der Waals surface area contributed by atoms with E-state index in [-0.39, 0.29) is 0 Å². The Balaban J connectivity index is 1.93. The molecule has 1 fully saturated rings. The normalized spacial score (nSPS) is 16.6. The number of aldehydes is 1. The molecule has 0 heterocycles. The lowest BCUT2D eigenvalue weighted by molar-refractivity contribution is 0.112. The zero-order chi connectivity index (χ0) is 11.4. The molecule has 1 saturated carbocycles. The molecule has 0 aromatic heterocycles. The molecular formula is C13H15BrOS. The molecule has 0 bridgehead atoms. The van der Waals surface area contributed by atoms with Crippen LogP contribution in [0.1, 0.15) is 36.0 Å². The number of carbonyl (C=O) groups is 1. The zero-order valence-corrected chi connectivity index (χ0v) is 11.5. The summed E-state index contributed by atoms with van der Waals surface area (Å²) in [5.41, 5.74) is 0.727. The standard InChI is InChI=1S/C13H15BrOS/c14-13-7-12(6-5-11(13)8-15)16-9-10-3-1-2-4-10/h5-8,10H,1-4,9H2. The van der Waals surface area contributed by atoms with Gasteiger partial charge in [0.05, 0.1) is 0 Å². The molecule has 86 valence electrons. The van der Waals surface area contributed by atoms with E-state index >= 15 is 0 Å². The summed E-state index contributed by atoms with van der Waals surface area (Å²) in [7, 11) is 0. The molecule has 0 atom stereocenters. The molecule has 0 N–H and O–H groups in total. The van der Waals surface area contributed by atoms with Crippen LogP contribution in [0.4, 0.5) is 0 Å². The Morgan fingerprint density at radius 2 is 2.12 bits per heavy atom. The summed E-state index contributed by atoms with van der Waals surface area (Å²) in [6.07, 6.45) is 6.47. The number of halogens is 1. The van der Waals surface area contributed by atoms with E-state index in [0.29, 0.717) is 0 Å². The van der Waals surface area contributed by atoms with Crippen LogP contribution in [0.15, 0.2) is 27.6 Å². The van der Waals surface area contributed by atoms with E-state index < -0.39 is 0 Å². The average Bonchev–Trinajstić information content (AvgIpc) is 2.79. The molecule has 1 aromatic carbocycles. The van der Waals surface area contributed by atoms with Gasteiger partial charge in [-0.1, -0.05) is 28.8 Å². The summed E-state index contributed by atoms with van der Waals surface area (Å²) in [6.45, 7) is 0. The molecule has 0 radical (unpaired) electrons. The smallest absolute Gasteiger partial charge is 0.151 e. The molecule has 0 amide bonds. The molecule has 16 heavy (non-hydrogen) atoms. The topological polar surface area (TPSA) is 17.1 Å². The van der Waals surface area contributed by atoms with Gasteiger partial charge in [-0.3, -0.25) is 4.79 Å². The molecule has 0 saturated heterocycles. The molecule has 1 aromatic rings. The summed E-state index contributed by atoms with van der Waals surface area (Å²) in [4.78, 5) is 11.9. The van der Waals surface area contributed by atoms with Crippen LogP contribution in [-0.4, -0.2) is 12.0 Å². The van der Waals surface area contributed by atoms with Crippen molar-refractivity contribution in [2.24, 2.45) is 5.92 Å². The molecule has 0 aliphatic heterocycles. The molecule has 3 heteroatoms. The van der Waals surface area contributed by atoms with Crippen molar-refractivity contribution in [1.29, 1.82) is 0 Å². The van der Waals surface area contributed by atoms with Gasteiger partial charge in [-0.2, -0.15) is 0 Å². The van der Waals surface area contributed by atoms with Gasteiger partial charge < -0.3 is 0 Å². The molecule has 0 spiro atoms. The summed E-state index contributed by atoms with van der Waals surface area (Å²) < 4.78 is 0.902. The number of thioether (sulfide) groups is 1. The number of hydrogen-bond donors (Lipinski definition) is 0. The van der Waals surface area contributed by atoms with E-state index in [1.165, 1.54) is 36.3 Å². The van der Waals surface area contributed by atoms with Gasteiger partial charge in [-0.05, 0) is 37.0 Å². The quantitative estimate of drug-likeness (QED) is 0.599. The first-order valence-corrected chi connectivity index (χ1v) is 7.45. The van der Waals surface area contributed by atoms with Gasteiger partial charge in [0.2, 0.25) is 0 Å². The van der Waals surface area contributed by atoms with E-state index in [1.807, 2.05) is 30.0 Å². The lowest BCUT2D eigenvalue weighted by Crippen LogP contribution is -1.96. The van der Waals surface area contributed by atoms with Crippen LogP contribution in [0.25, 0.3) is 0 Å². The Labute approximate surface area is 109 Å². The molecule has 2 rings (SSSR count). The molecule has 1 aliphatic carbocycles. The predicted molar refractivity (Wildman–Crippen MR) is 72.2 cm³/mol. The summed E-state index contributed by atoms with van der Waals surface area (Å²) in [5, 5.41) is 0. The van der Waals surface area contributed by atoms with Crippen molar-refractivity contribution in [3.63, 3.8) is 0 Å². The van der Waals surface area contributed by atoms with Crippen molar-refractivity contribution < 1.29 is 4.79 Å². The Kier molecular flexibility index (Phi) is 4.47. The van der Waals surface area contributed by atoms with Crippen molar-refractivity contribution in [2.45, 2.75) is 30.6 Å². The van der Waals surface area contributed by atoms with Crippen LogP contribution in [0.2, 0.25) is 0 Å². The minimum absolute atomic E-state index is 0.727. The van der Waals surface area contributed by atoms with E-state index in [1.54, 1.807) is 0 Å². The monoisotopic (exact) mass is 298 g/mol. The average molecular weight is 299 g/mol. The minimum Gasteiger partial charge on any atom is -0.298 e. The highest BCUT2D eigenvalue weighted by Gasteiger charge is 2.15. The van der Waals surface area contributed by atoms with Crippen LogP contribution in [0, 0.1) is 5.92 Å². The first-order valence-electron chi connectivity index (χ1n) is 5.67. The van der Waals surface area contributed by atoms with Gasteiger partial charge >= 0.3 is 0 Å². The number of carbonyl (C=O) groups excluding carboxylic acids is 1. The fourth-order valence-electron chi connectivity index (χ4n) is 2.08. The lowest BCUT2D eigenvalue weighted by atomic mass is 10.1. The molecule has 1 nitrogen and oxygen atoms in total. The SMILES string of the molecule is O=Cc1ccc(SCC2CCCC2)cc1Br. The Bertz CT molecular complexity index is 372. The Hall–Kier alpha value is -0.280. The third-order valence-corrected chi connectivity index (χ3v) is 4.97. The largest absolute Gasteiger partial charge is 0.298 e. The van der Waals surface area contributed by atoms with Crippen LogP contribution in [-0.2, 0) is 0 Å². The summed E-state index contributed by atoms with van der Waals surface area (Å²) >= 11 is 5.32. The van der Waals surface area contributed by atoms with Gasteiger partial charge in [0, 0.05) is 20.7 Å². The third kappa shape index (κ3) is 3.11. The number of rotatable bonds is 4. The first kappa shape index (κ1) is 12.2. The van der Waals surface area contributed by atoms with Crippen LogP contribution >= 0.6 is 27.7 Å². The van der Waals surface area contributed by atoms with Gasteiger partial charge in [0.15, 0.2) is 6.29 Å². The molecule has 0 unspecified atom stereocenters. The van der Waals surface area contributed by atoms with Crippen molar-refractivity contribution in [3.05, 3.63) is 28.2 Å². The highest BCUT2D eigenvalue weighted by Crippen LogP contribution is 2.32. The molecular weight excluding hydrogens is 284 g/mol. The number of hydrogen-bond acceptors (Lipinski definition) is 2. The second-order valence-electron chi connectivity index (χ2n) is 4.26. The molecule has 1 aliphatic rings. The first-order chi connectivity index (χ1) is 7.79. The summed E-state index contributed by atoms with van der Waals surface area (Å²) in [6, 6.07) is 5.96. The van der Waals surface area contributed by atoms with Crippen LogP contribution < -0.4 is 0 Å². The second kappa shape index (κ2) is 5.87. The highest BCUT2D eigenvalue weighted by atomic mass is 79.9. The van der Waals surface area contributed by atoms with Crippen molar-refractivity contribution in [2.75, 3.05) is 5.75 Å². The van der Waals surface area contributed by atoms with Crippen LogP contribution in [0.3, 0.4) is 0 Å². The lowest BCUT2D eigenvalue weighted by Gasteiger charge is -2.08. The predicted octanol–water partition coefficient (Wildman–Crippen LogP) is 4.54.